The number of methoxy groups -OCH3 is 1. The predicted molar refractivity (Wildman–Crippen MR) is 43.0 cm³/mol. The number of carbonyl (C=O) groups excluding carboxylic acids is 2. The minimum atomic E-state index is -0.439. The molecule has 1 atom stereocenters. The van der Waals surface area contributed by atoms with E-state index in [0.29, 0.717) is 6.42 Å². The first kappa shape index (κ1) is 10.9. The fourth-order valence-corrected chi connectivity index (χ4v) is 0.831. The Morgan fingerprint density at radius 2 is 1.92 bits per heavy atom. The fourth-order valence-electron chi connectivity index (χ4n) is 0.831. The maximum atomic E-state index is 10.4. The monoisotopic (exact) mass is 174 g/mol. The lowest BCUT2D eigenvalue weighted by Crippen LogP contribution is -2.23. The summed E-state index contributed by atoms with van der Waals surface area (Å²) < 4.78 is 4.90. The van der Waals surface area contributed by atoms with Gasteiger partial charge in [-0.1, -0.05) is 0 Å². The van der Waals surface area contributed by atoms with Gasteiger partial charge in [-0.25, -0.2) is 0 Å². The van der Waals surface area contributed by atoms with Gasteiger partial charge in [0.25, 0.3) is 0 Å². The molecule has 0 saturated heterocycles. The molecule has 0 fully saturated rings. The van der Waals surface area contributed by atoms with E-state index >= 15 is 0 Å². The molecule has 5 heteroatoms. The van der Waals surface area contributed by atoms with Crippen LogP contribution in [0.4, 0.5) is 0 Å². The first-order valence-electron chi connectivity index (χ1n) is 3.65. The Kier molecular flexibility index (Phi) is 5.03. The zero-order valence-corrected chi connectivity index (χ0v) is 7.08. The molecule has 0 spiro atoms. The van der Waals surface area contributed by atoms with Gasteiger partial charge < -0.3 is 16.2 Å². The second kappa shape index (κ2) is 5.54. The van der Waals surface area contributed by atoms with Crippen molar-refractivity contribution in [3.63, 3.8) is 0 Å². The molecule has 0 unspecified atom stereocenters. The third-order valence-electron chi connectivity index (χ3n) is 1.47. The van der Waals surface area contributed by atoms with Crippen LogP contribution in [0.2, 0.25) is 0 Å². The maximum Gasteiger partial charge on any atom is 0.220 e. The highest BCUT2D eigenvalue weighted by Crippen LogP contribution is 2.04. The molecule has 5 nitrogen and oxygen atoms in total. The first-order chi connectivity index (χ1) is 5.56. The fraction of sp³-hybridized carbons (Fsp3) is 0.714. The molecular weight excluding hydrogens is 160 g/mol. The highest BCUT2D eigenvalue weighted by molar-refractivity contribution is 5.75. The van der Waals surface area contributed by atoms with Crippen LogP contribution < -0.4 is 11.5 Å². The zero-order valence-electron chi connectivity index (χ0n) is 7.08. The second-order valence-corrected chi connectivity index (χ2v) is 2.53. The molecular formula is C7H14N2O3. The van der Waals surface area contributed by atoms with Crippen LogP contribution in [0.3, 0.4) is 0 Å². The topological polar surface area (TPSA) is 95.4 Å². The molecule has 0 bridgehead atoms. The van der Waals surface area contributed by atoms with Gasteiger partial charge in [0.1, 0.15) is 0 Å². The van der Waals surface area contributed by atoms with Crippen molar-refractivity contribution >= 4 is 11.8 Å². The summed E-state index contributed by atoms with van der Waals surface area (Å²) in [5.74, 6) is -0.840. The van der Waals surface area contributed by atoms with Crippen LogP contribution >= 0.6 is 0 Å². The van der Waals surface area contributed by atoms with Crippen LogP contribution in [-0.2, 0) is 14.3 Å². The molecule has 2 amide bonds. The molecule has 12 heavy (non-hydrogen) atoms. The molecule has 0 rings (SSSR count). The van der Waals surface area contributed by atoms with E-state index in [1.807, 2.05) is 0 Å². The molecule has 70 valence electrons. The van der Waals surface area contributed by atoms with Crippen LogP contribution in [0.15, 0.2) is 0 Å². The summed E-state index contributed by atoms with van der Waals surface area (Å²) >= 11 is 0. The Morgan fingerprint density at radius 3 is 2.25 bits per heavy atom. The summed E-state index contributed by atoms with van der Waals surface area (Å²) in [6, 6.07) is 0. The van der Waals surface area contributed by atoms with Gasteiger partial charge in [0.15, 0.2) is 0 Å². The van der Waals surface area contributed by atoms with Crippen LogP contribution in [0.5, 0.6) is 0 Å². The molecule has 0 aliphatic heterocycles. The van der Waals surface area contributed by atoms with Gasteiger partial charge in [-0.2, -0.15) is 0 Å². The lowest BCUT2D eigenvalue weighted by molar-refractivity contribution is -0.122. The Labute approximate surface area is 71.0 Å². The van der Waals surface area contributed by atoms with Gasteiger partial charge >= 0.3 is 0 Å². The van der Waals surface area contributed by atoms with E-state index in [1.54, 1.807) is 0 Å². The van der Waals surface area contributed by atoms with Crippen molar-refractivity contribution in [3.8, 4) is 0 Å². The summed E-state index contributed by atoms with van der Waals surface area (Å²) in [5.41, 5.74) is 9.86. The number of carbonyl (C=O) groups is 2. The van der Waals surface area contributed by atoms with Crippen molar-refractivity contribution < 1.29 is 14.3 Å². The molecule has 0 aromatic carbocycles. The second-order valence-electron chi connectivity index (χ2n) is 2.53. The highest BCUT2D eigenvalue weighted by Gasteiger charge is 2.11. The smallest absolute Gasteiger partial charge is 0.220 e. The number of ether oxygens (including phenoxy) is 1. The molecule has 0 heterocycles. The number of rotatable bonds is 6. The van der Waals surface area contributed by atoms with E-state index in [9.17, 15) is 9.59 Å². The molecule has 0 aromatic rings. The largest absolute Gasteiger partial charge is 0.381 e. The average molecular weight is 174 g/mol. The van der Waals surface area contributed by atoms with Gasteiger partial charge in [0, 0.05) is 13.5 Å². The Morgan fingerprint density at radius 1 is 1.33 bits per heavy atom. The Bertz CT molecular complexity index is 170. The molecule has 4 N–H and O–H groups in total. The summed E-state index contributed by atoms with van der Waals surface area (Å²) in [6.07, 6.45) is 0.486. The van der Waals surface area contributed by atoms with Gasteiger partial charge in [-0.3, -0.25) is 9.59 Å². The van der Waals surface area contributed by atoms with E-state index < -0.39 is 11.8 Å². The van der Waals surface area contributed by atoms with Gasteiger partial charge in [0.2, 0.25) is 11.8 Å². The SMILES string of the molecule is CO[C@H](CCC(N)=O)CC(N)=O. The molecule has 0 aromatic heterocycles. The Balaban J connectivity index is 3.67. The summed E-state index contributed by atoms with van der Waals surface area (Å²) in [5, 5.41) is 0. The van der Waals surface area contributed by atoms with Crippen LogP contribution in [0, 0.1) is 0 Å². The van der Waals surface area contributed by atoms with Gasteiger partial charge in [0.05, 0.1) is 12.5 Å². The quantitative estimate of drug-likeness (QED) is 0.548. The highest BCUT2D eigenvalue weighted by atomic mass is 16.5. The normalized spacial score (nSPS) is 12.4. The van der Waals surface area contributed by atoms with Gasteiger partial charge in [-0.15, -0.1) is 0 Å². The van der Waals surface area contributed by atoms with Crippen molar-refractivity contribution in [1.82, 2.24) is 0 Å². The molecule has 0 radical (unpaired) electrons. The van der Waals surface area contributed by atoms with E-state index in [2.05, 4.69) is 0 Å². The van der Waals surface area contributed by atoms with Crippen LogP contribution in [0.1, 0.15) is 19.3 Å². The van der Waals surface area contributed by atoms with E-state index in [4.69, 9.17) is 16.2 Å². The van der Waals surface area contributed by atoms with Crippen LogP contribution in [0.25, 0.3) is 0 Å². The van der Waals surface area contributed by atoms with Crippen LogP contribution in [-0.4, -0.2) is 25.0 Å². The molecule has 0 aliphatic carbocycles. The van der Waals surface area contributed by atoms with Crippen molar-refractivity contribution in [3.05, 3.63) is 0 Å². The van der Waals surface area contributed by atoms with Crippen molar-refractivity contribution in [2.45, 2.75) is 25.4 Å². The number of nitrogens with two attached hydrogens (primary N) is 2. The summed E-state index contributed by atoms with van der Waals surface area (Å²) in [4.78, 5) is 20.8. The zero-order chi connectivity index (χ0) is 9.56. The maximum absolute atomic E-state index is 10.4. The standard InChI is InChI=1S/C7H14N2O3/c1-12-5(4-7(9)11)2-3-6(8)10/h5H,2-4H2,1H3,(H2,8,10)(H2,9,11)/t5-/m1/s1. The number of primary amides is 2. The summed E-state index contributed by atoms with van der Waals surface area (Å²) in [6.45, 7) is 0. The van der Waals surface area contributed by atoms with E-state index in [-0.39, 0.29) is 18.9 Å². The van der Waals surface area contributed by atoms with Gasteiger partial charge in [-0.05, 0) is 6.42 Å². The number of hydrogen-bond donors (Lipinski definition) is 2. The third kappa shape index (κ3) is 5.67. The minimum absolute atomic E-state index is 0.129. The first-order valence-corrected chi connectivity index (χ1v) is 3.65. The number of hydrogen-bond acceptors (Lipinski definition) is 3. The predicted octanol–water partition coefficient (Wildman–Crippen LogP) is -0.858. The van der Waals surface area contributed by atoms with Crippen molar-refractivity contribution in [2.24, 2.45) is 11.5 Å². The molecule has 0 saturated carbocycles. The van der Waals surface area contributed by atoms with Crippen molar-refractivity contribution in [2.75, 3.05) is 7.11 Å². The van der Waals surface area contributed by atoms with E-state index in [1.165, 1.54) is 7.11 Å². The lowest BCUT2D eigenvalue weighted by Gasteiger charge is -2.11. The number of amides is 2. The molecule has 0 aliphatic rings. The lowest BCUT2D eigenvalue weighted by atomic mass is 10.1. The summed E-state index contributed by atoms with van der Waals surface area (Å²) in [7, 11) is 1.47. The Hall–Kier alpha value is -1.10. The van der Waals surface area contributed by atoms with Crippen molar-refractivity contribution in [1.29, 1.82) is 0 Å². The third-order valence-corrected chi connectivity index (χ3v) is 1.47. The van der Waals surface area contributed by atoms with E-state index in [0.717, 1.165) is 0 Å². The average Bonchev–Trinajstić information content (AvgIpc) is 1.97. The minimum Gasteiger partial charge on any atom is -0.381 e.